The molecular weight excluding hydrogens is 565 g/mol. The molecule has 0 spiro atoms. The number of hydrogen-bond donors (Lipinski definition) is 3. The molecule has 2 aliphatic rings. The molecule has 1 aliphatic carbocycles. The van der Waals surface area contributed by atoms with E-state index in [2.05, 4.69) is 25.9 Å². The van der Waals surface area contributed by atoms with Crippen molar-refractivity contribution in [3.8, 4) is 0 Å². The van der Waals surface area contributed by atoms with Gasteiger partial charge in [0.2, 0.25) is 17.7 Å². The lowest BCUT2D eigenvalue weighted by Gasteiger charge is -2.36. The minimum absolute atomic E-state index is 0.0147. The van der Waals surface area contributed by atoms with Crippen LogP contribution in [0.3, 0.4) is 0 Å². The van der Waals surface area contributed by atoms with Crippen molar-refractivity contribution in [1.82, 2.24) is 30.2 Å². The van der Waals surface area contributed by atoms with Crippen molar-refractivity contribution in [2.75, 3.05) is 38.5 Å². The van der Waals surface area contributed by atoms with E-state index in [9.17, 15) is 19.2 Å². The Kier molecular flexibility index (Phi) is 11.5. The average molecular weight is 612 g/mol. The summed E-state index contributed by atoms with van der Waals surface area (Å²) in [6.45, 7) is 8.48. The van der Waals surface area contributed by atoms with Gasteiger partial charge in [-0.25, -0.2) is 4.39 Å². The smallest absolute Gasteiger partial charge is 0.270 e. The summed E-state index contributed by atoms with van der Waals surface area (Å²) in [6, 6.07) is 4.36. The summed E-state index contributed by atoms with van der Waals surface area (Å²) in [5.74, 6) is -2.58. The van der Waals surface area contributed by atoms with Crippen molar-refractivity contribution >= 4 is 29.3 Å². The number of nitrogens with zero attached hydrogens (tertiary/aromatic N) is 4. The molecular formula is C32H46FN7O4. The van der Waals surface area contributed by atoms with E-state index in [1.54, 1.807) is 41.8 Å². The van der Waals surface area contributed by atoms with E-state index in [1.165, 1.54) is 12.1 Å². The van der Waals surface area contributed by atoms with Gasteiger partial charge in [0.15, 0.2) is 0 Å². The molecule has 2 unspecified atom stereocenters. The molecule has 240 valence electrons. The summed E-state index contributed by atoms with van der Waals surface area (Å²) in [6.07, 6.45) is 6.34. The van der Waals surface area contributed by atoms with Gasteiger partial charge in [0.25, 0.3) is 5.91 Å². The lowest BCUT2D eigenvalue weighted by atomic mass is 9.83. The Morgan fingerprint density at radius 1 is 1.00 bits per heavy atom. The van der Waals surface area contributed by atoms with Crippen molar-refractivity contribution in [1.29, 1.82) is 0 Å². The highest BCUT2D eigenvalue weighted by Gasteiger charge is 2.34. The van der Waals surface area contributed by atoms with Gasteiger partial charge in [-0.05, 0) is 56.5 Å². The summed E-state index contributed by atoms with van der Waals surface area (Å²) in [5, 5.41) is 12.6. The van der Waals surface area contributed by atoms with E-state index < -0.39 is 35.6 Å². The maximum atomic E-state index is 15.5. The van der Waals surface area contributed by atoms with Crippen LogP contribution in [0.2, 0.25) is 0 Å². The summed E-state index contributed by atoms with van der Waals surface area (Å²) in [7, 11) is 2.00. The summed E-state index contributed by atoms with van der Waals surface area (Å²) >= 11 is 0. The standard InChI is InChI=1S/C32H46FN7O4/c1-5-27(41)36-28(32(44)39-18-16-38(4)17-19-39)21(3)23-12-13-25(24(33)20-23)35-31(43)29(22-10-8-7-9-11-22)37-30(42)26-14-15-34-40(26)6-2/h12-15,20-22,28-29H,5-11,16-19H2,1-4H3,(H,35,43)(H,36,41)(H,37,42)/t21?,28-,29?/m1/s1. The van der Waals surface area contributed by atoms with Crippen LogP contribution in [-0.4, -0.2) is 88.5 Å². The number of halogens is 1. The zero-order valence-electron chi connectivity index (χ0n) is 26.3. The number of aryl methyl sites for hydroxylation is 1. The average Bonchev–Trinajstić information content (AvgIpc) is 3.52. The Balaban J connectivity index is 1.51. The molecule has 4 rings (SSSR count). The Morgan fingerprint density at radius 2 is 1.70 bits per heavy atom. The molecule has 1 saturated heterocycles. The number of anilines is 1. The second-order valence-corrected chi connectivity index (χ2v) is 11.9. The first kappa shape index (κ1) is 33.1. The second-order valence-electron chi connectivity index (χ2n) is 11.9. The third-order valence-electron chi connectivity index (χ3n) is 8.93. The number of carbonyl (C=O) groups excluding carboxylic acids is 4. The van der Waals surface area contributed by atoms with Crippen LogP contribution >= 0.6 is 0 Å². The third-order valence-corrected chi connectivity index (χ3v) is 8.93. The predicted octanol–water partition coefficient (Wildman–Crippen LogP) is 3.13. The first-order valence-corrected chi connectivity index (χ1v) is 15.8. The molecule has 3 atom stereocenters. The molecule has 2 heterocycles. The number of amides is 4. The molecule has 1 aromatic heterocycles. The van der Waals surface area contributed by atoms with E-state index >= 15 is 4.39 Å². The van der Waals surface area contributed by atoms with E-state index in [4.69, 9.17) is 0 Å². The summed E-state index contributed by atoms with van der Waals surface area (Å²) in [4.78, 5) is 56.5. The van der Waals surface area contributed by atoms with E-state index in [-0.39, 0.29) is 29.8 Å². The number of aromatic nitrogens is 2. The molecule has 2 fully saturated rings. The first-order chi connectivity index (χ1) is 21.1. The number of likely N-dealkylation sites (N-methyl/N-ethyl adjacent to an activating group) is 1. The number of carbonyl (C=O) groups is 4. The SMILES string of the molecule is CCC(=O)N[C@@H](C(=O)N1CCN(C)CC1)C(C)c1ccc(NC(=O)C(NC(=O)c2ccnn2CC)C2CCCCC2)c(F)c1. The van der Waals surface area contributed by atoms with Gasteiger partial charge < -0.3 is 25.8 Å². The van der Waals surface area contributed by atoms with E-state index in [0.29, 0.717) is 30.9 Å². The highest BCUT2D eigenvalue weighted by atomic mass is 19.1. The van der Waals surface area contributed by atoms with E-state index in [1.807, 2.05) is 14.0 Å². The molecule has 0 bridgehead atoms. The van der Waals surface area contributed by atoms with Crippen LogP contribution in [0.25, 0.3) is 0 Å². The summed E-state index contributed by atoms with van der Waals surface area (Å²) in [5.41, 5.74) is 0.870. The number of nitrogens with one attached hydrogen (secondary N) is 3. The number of piperazine rings is 1. The van der Waals surface area contributed by atoms with Crippen LogP contribution in [0.1, 0.15) is 81.3 Å². The van der Waals surface area contributed by atoms with Crippen LogP contribution in [-0.2, 0) is 20.9 Å². The molecule has 0 radical (unpaired) electrons. The van der Waals surface area contributed by atoms with Gasteiger partial charge in [0.1, 0.15) is 23.6 Å². The Bertz CT molecular complexity index is 1320. The molecule has 4 amide bonds. The van der Waals surface area contributed by atoms with Gasteiger partial charge in [-0.3, -0.25) is 23.9 Å². The quantitative estimate of drug-likeness (QED) is 0.358. The van der Waals surface area contributed by atoms with Crippen LogP contribution in [0.4, 0.5) is 10.1 Å². The fraction of sp³-hybridized carbons (Fsp3) is 0.594. The highest BCUT2D eigenvalue weighted by Crippen LogP contribution is 2.29. The van der Waals surface area contributed by atoms with Gasteiger partial charge >= 0.3 is 0 Å². The second kappa shape index (κ2) is 15.3. The van der Waals surface area contributed by atoms with Crippen molar-refractivity contribution in [2.24, 2.45) is 5.92 Å². The van der Waals surface area contributed by atoms with Crippen LogP contribution in [0.5, 0.6) is 0 Å². The molecule has 11 nitrogen and oxygen atoms in total. The lowest BCUT2D eigenvalue weighted by molar-refractivity contribution is -0.138. The maximum absolute atomic E-state index is 15.5. The minimum atomic E-state index is -0.854. The fourth-order valence-electron chi connectivity index (χ4n) is 6.08. The van der Waals surface area contributed by atoms with Gasteiger partial charge in [-0.15, -0.1) is 0 Å². The first-order valence-electron chi connectivity index (χ1n) is 15.8. The van der Waals surface area contributed by atoms with Crippen molar-refractivity contribution in [3.05, 3.63) is 47.5 Å². The zero-order valence-corrected chi connectivity index (χ0v) is 26.3. The lowest BCUT2D eigenvalue weighted by Crippen LogP contribution is -2.55. The van der Waals surface area contributed by atoms with Gasteiger partial charge in [-0.1, -0.05) is 39.2 Å². The molecule has 2 aromatic rings. The zero-order chi connectivity index (χ0) is 31.8. The normalized spacial score (nSPS) is 18.2. The van der Waals surface area contributed by atoms with Crippen LogP contribution < -0.4 is 16.0 Å². The monoisotopic (exact) mass is 611 g/mol. The number of benzene rings is 1. The van der Waals surface area contributed by atoms with Gasteiger partial charge in [-0.2, -0.15) is 5.10 Å². The maximum Gasteiger partial charge on any atom is 0.270 e. The van der Waals surface area contributed by atoms with Gasteiger partial charge in [0.05, 0.1) is 5.69 Å². The Morgan fingerprint density at radius 3 is 2.34 bits per heavy atom. The van der Waals surface area contributed by atoms with Crippen molar-refractivity contribution in [3.63, 3.8) is 0 Å². The Labute approximate surface area is 258 Å². The van der Waals surface area contributed by atoms with Gasteiger partial charge in [0, 0.05) is 51.3 Å². The molecule has 1 saturated carbocycles. The minimum Gasteiger partial charge on any atom is -0.344 e. The van der Waals surface area contributed by atoms with Crippen LogP contribution in [0.15, 0.2) is 30.5 Å². The topological polar surface area (TPSA) is 129 Å². The number of hydrogen-bond acceptors (Lipinski definition) is 6. The molecule has 1 aliphatic heterocycles. The molecule has 3 N–H and O–H groups in total. The third kappa shape index (κ3) is 8.02. The largest absolute Gasteiger partial charge is 0.344 e. The molecule has 12 heteroatoms. The fourth-order valence-corrected chi connectivity index (χ4v) is 6.08. The van der Waals surface area contributed by atoms with Crippen molar-refractivity contribution in [2.45, 2.75) is 83.8 Å². The predicted molar refractivity (Wildman–Crippen MR) is 165 cm³/mol. The van der Waals surface area contributed by atoms with Crippen molar-refractivity contribution < 1.29 is 23.6 Å². The highest BCUT2D eigenvalue weighted by molar-refractivity contribution is 6.00. The molecule has 1 aromatic carbocycles. The van der Waals surface area contributed by atoms with Crippen LogP contribution in [0, 0.1) is 11.7 Å². The van der Waals surface area contributed by atoms with E-state index in [0.717, 1.165) is 45.2 Å². The molecule has 44 heavy (non-hydrogen) atoms. The Hall–Kier alpha value is -3.80. The number of rotatable bonds is 11. The summed E-state index contributed by atoms with van der Waals surface area (Å²) < 4.78 is 17.1.